The van der Waals surface area contributed by atoms with Crippen molar-refractivity contribution in [3.8, 4) is 0 Å². The summed E-state index contributed by atoms with van der Waals surface area (Å²) in [4.78, 5) is 14.0. The van der Waals surface area contributed by atoms with Gasteiger partial charge in [0.25, 0.3) is 0 Å². The van der Waals surface area contributed by atoms with E-state index in [0.717, 1.165) is 19.5 Å². The van der Waals surface area contributed by atoms with Gasteiger partial charge >= 0.3 is 6.09 Å². The first-order chi connectivity index (χ1) is 8.44. The first-order valence-corrected chi connectivity index (χ1v) is 7.18. The van der Waals surface area contributed by atoms with E-state index < -0.39 is 5.60 Å². The van der Waals surface area contributed by atoms with Crippen molar-refractivity contribution in [3.05, 3.63) is 0 Å². The summed E-state index contributed by atoms with van der Waals surface area (Å²) in [6.07, 6.45) is 5.89. The standard InChI is InChI=1S/C14H26N2O2/c1-14(2,3)18-13(17)16-9-5-4-6-12(10-16)15-11-7-8-11/h11-12,15H,4-10H2,1-3H3/t12-/m1/s1. The number of carbonyl (C=O) groups excluding carboxylic acids is 1. The fourth-order valence-electron chi connectivity index (χ4n) is 2.35. The largest absolute Gasteiger partial charge is 0.444 e. The van der Waals surface area contributed by atoms with Gasteiger partial charge in [-0.3, -0.25) is 0 Å². The van der Waals surface area contributed by atoms with Crippen LogP contribution in [0.25, 0.3) is 0 Å². The average Bonchev–Trinajstić information content (AvgIpc) is 3.03. The molecular weight excluding hydrogens is 228 g/mol. The lowest BCUT2D eigenvalue weighted by molar-refractivity contribution is 0.0243. The van der Waals surface area contributed by atoms with Crippen LogP contribution in [0.3, 0.4) is 0 Å². The minimum absolute atomic E-state index is 0.160. The molecule has 2 fully saturated rings. The van der Waals surface area contributed by atoms with Gasteiger partial charge in [0, 0.05) is 25.2 Å². The molecule has 0 spiro atoms. The Balaban J connectivity index is 1.87. The molecule has 1 heterocycles. The smallest absolute Gasteiger partial charge is 0.410 e. The van der Waals surface area contributed by atoms with Crippen LogP contribution in [0, 0.1) is 0 Å². The van der Waals surface area contributed by atoms with Crippen LogP contribution < -0.4 is 5.32 Å². The van der Waals surface area contributed by atoms with Gasteiger partial charge in [-0.2, -0.15) is 0 Å². The Morgan fingerprint density at radius 1 is 1.17 bits per heavy atom. The van der Waals surface area contributed by atoms with Crippen LogP contribution in [0.5, 0.6) is 0 Å². The van der Waals surface area contributed by atoms with Crippen LogP contribution in [0.1, 0.15) is 52.9 Å². The number of carbonyl (C=O) groups is 1. The van der Waals surface area contributed by atoms with Gasteiger partial charge in [-0.1, -0.05) is 6.42 Å². The zero-order valence-electron chi connectivity index (χ0n) is 11.9. The molecule has 0 radical (unpaired) electrons. The Morgan fingerprint density at radius 2 is 1.89 bits per heavy atom. The Bertz CT molecular complexity index is 295. The van der Waals surface area contributed by atoms with Gasteiger partial charge in [0.1, 0.15) is 5.60 Å². The maximum absolute atomic E-state index is 12.1. The lowest BCUT2D eigenvalue weighted by Crippen LogP contribution is -2.45. The van der Waals surface area contributed by atoms with E-state index in [0.29, 0.717) is 12.1 Å². The Labute approximate surface area is 110 Å². The molecule has 0 aromatic heterocycles. The fourth-order valence-corrected chi connectivity index (χ4v) is 2.35. The summed E-state index contributed by atoms with van der Waals surface area (Å²) >= 11 is 0. The van der Waals surface area contributed by atoms with Crippen LogP contribution in [-0.2, 0) is 4.74 Å². The molecule has 1 saturated carbocycles. The third-order valence-corrected chi connectivity index (χ3v) is 3.37. The summed E-state index contributed by atoms with van der Waals surface area (Å²) in [5, 5.41) is 3.63. The number of rotatable bonds is 2. The highest BCUT2D eigenvalue weighted by Gasteiger charge is 2.29. The van der Waals surface area contributed by atoms with Gasteiger partial charge in [0.2, 0.25) is 0 Å². The molecule has 4 nitrogen and oxygen atoms in total. The van der Waals surface area contributed by atoms with Crippen LogP contribution in [-0.4, -0.2) is 41.8 Å². The highest BCUT2D eigenvalue weighted by molar-refractivity contribution is 5.68. The molecule has 0 bridgehead atoms. The minimum Gasteiger partial charge on any atom is -0.444 e. The molecule has 2 aliphatic rings. The predicted octanol–water partition coefficient (Wildman–Crippen LogP) is 2.53. The van der Waals surface area contributed by atoms with Crippen LogP contribution in [0.4, 0.5) is 4.79 Å². The van der Waals surface area contributed by atoms with E-state index in [1.54, 1.807) is 0 Å². The lowest BCUT2D eigenvalue weighted by atomic mass is 10.1. The molecule has 1 atom stereocenters. The summed E-state index contributed by atoms with van der Waals surface area (Å²) < 4.78 is 5.46. The third-order valence-electron chi connectivity index (χ3n) is 3.37. The monoisotopic (exact) mass is 254 g/mol. The minimum atomic E-state index is -0.400. The van der Waals surface area contributed by atoms with Crippen molar-refractivity contribution in [3.63, 3.8) is 0 Å². The van der Waals surface area contributed by atoms with Gasteiger partial charge < -0.3 is 15.0 Å². The Morgan fingerprint density at radius 3 is 2.50 bits per heavy atom. The molecule has 1 aliphatic carbocycles. The maximum Gasteiger partial charge on any atom is 0.410 e. The summed E-state index contributed by atoms with van der Waals surface area (Å²) in [5.74, 6) is 0. The molecule has 1 N–H and O–H groups in total. The average molecular weight is 254 g/mol. The van der Waals surface area contributed by atoms with Gasteiger partial charge in [-0.05, 0) is 46.5 Å². The number of nitrogens with zero attached hydrogens (tertiary/aromatic N) is 1. The number of hydrogen-bond acceptors (Lipinski definition) is 3. The van der Waals surface area contributed by atoms with Crippen molar-refractivity contribution in [1.82, 2.24) is 10.2 Å². The third kappa shape index (κ3) is 4.48. The molecule has 0 aromatic carbocycles. The summed E-state index contributed by atoms with van der Waals surface area (Å²) in [5.41, 5.74) is -0.400. The number of likely N-dealkylation sites (tertiary alicyclic amines) is 1. The van der Waals surface area contributed by atoms with E-state index in [4.69, 9.17) is 4.74 Å². The summed E-state index contributed by atoms with van der Waals surface area (Å²) in [6.45, 7) is 7.39. The van der Waals surface area contributed by atoms with E-state index >= 15 is 0 Å². The molecule has 1 saturated heterocycles. The first kappa shape index (κ1) is 13.7. The van der Waals surface area contributed by atoms with Crippen LogP contribution in [0.15, 0.2) is 0 Å². The molecule has 0 unspecified atom stereocenters. The highest BCUT2D eigenvalue weighted by Crippen LogP contribution is 2.22. The first-order valence-electron chi connectivity index (χ1n) is 7.18. The quantitative estimate of drug-likeness (QED) is 0.823. The number of nitrogens with one attached hydrogen (secondary N) is 1. The highest BCUT2D eigenvalue weighted by atomic mass is 16.6. The van der Waals surface area contributed by atoms with Gasteiger partial charge in [-0.15, -0.1) is 0 Å². The van der Waals surface area contributed by atoms with E-state index in [1.165, 1.54) is 25.7 Å². The number of ether oxygens (including phenoxy) is 1. The van der Waals surface area contributed by atoms with Crippen molar-refractivity contribution in [2.45, 2.75) is 70.6 Å². The topological polar surface area (TPSA) is 41.6 Å². The van der Waals surface area contributed by atoms with E-state index in [9.17, 15) is 4.79 Å². The summed E-state index contributed by atoms with van der Waals surface area (Å²) in [6, 6.07) is 1.15. The molecule has 0 aromatic rings. The predicted molar refractivity (Wildman–Crippen MR) is 71.6 cm³/mol. The molecule has 1 aliphatic heterocycles. The SMILES string of the molecule is CC(C)(C)OC(=O)N1CCCC[C@@H](NC2CC2)C1. The van der Waals surface area contributed by atoms with Crippen molar-refractivity contribution < 1.29 is 9.53 Å². The molecule has 1 amide bonds. The van der Waals surface area contributed by atoms with Crippen LogP contribution in [0.2, 0.25) is 0 Å². The number of amides is 1. The zero-order valence-corrected chi connectivity index (χ0v) is 11.9. The Kier molecular flexibility index (Phi) is 4.15. The van der Waals surface area contributed by atoms with Crippen molar-refractivity contribution in [1.29, 1.82) is 0 Å². The van der Waals surface area contributed by atoms with Crippen LogP contribution >= 0.6 is 0 Å². The second kappa shape index (κ2) is 5.47. The van der Waals surface area contributed by atoms with Gasteiger partial charge in [0.05, 0.1) is 0 Å². The molecular formula is C14H26N2O2. The molecule has 104 valence electrons. The van der Waals surface area contributed by atoms with E-state index in [1.807, 2.05) is 25.7 Å². The zero-order chi connectivity index (χ0) is 13.2. The normalized spacial score (nSPS) is 25.7. The van der Waals surface area contributed by atoms with Gasteiger partial charge in [-0.25, -0.2) is 4.79 Å². The van der Waals surface area contributed by atoms with Gasteiger partial charge in [0.15, 0.2) is 0 Å². The Hall–Kier alpha value is -0.770. The van der Waals surface area contributed by atoms with E-state index in [2.05, 4.69) is 5.32 Å². The second-order valence-corrected chi connectivity index (χ2v) is 6.56. The number of hydrogen-bond donors (Lipinski definition) is 1. The summed E-state index contributed by atoms with van der Waals surface area (Å²) in [7, 11) is 0. The fraction of sp³-hybridized carbons (Fsp3) is 0.929. The van der Waals surface area contributed by atoms with Crippen molar-refractivity contribution >= 4 is 6.09 Å². The van der Waals surface area contributed by atoms with Crippen molar-refractivity contribution in [2.24, 2.45) is 0 Å². The second-order valence-electron chi connectivity index (χ2n) is 6.56. The van der Waals surface area contributed by atoms with Crippen molar-refractivity contribution in [2.75, 3.05) is 13.1 Å². The molecule has 2 rings (SSSR count). The maximum atomic E-state index is 12.1. The molecule has 4 heteroatoms. The lowest BCUT2D eigenvalue weighted by Gasteiger charge is -2.28. The van der Waals surface area contributed by atoms with E-state index in [-0.39, 0.29) is 6.09 Å². The molecule has 18 heavy (non-hydrogen) atoms.